The molecule has 6 nitrogen and oxygen atoms in total. The number of nitrogens with zero attached hydrogens (tertiary/aromatic N) is 1. The number of likely N-dealkylation sites (N-methyl/N-ethyl adjacent to an activating group) is 1. The maximum atomic E-state index is 12.4. The zero-order chi connectivity index (χ0) is 17.8. The van der Waals surface area contributed by atoms with Crippen LogP contribution in [0, 0.1) is 0 Å². The minimum atomic E-state index is -0.437. The Morgan fingerprint density at radius 3 is 2.76 bits per heavy atom. The quantitative estimate of drug-likeness (QED) is 0.527. The number of ether oxygens (including phenoxy) is 2. The fourth-order valence-electron chi connectivity index (χ4n) is 2.67. The molecular weight excluding hydrogens is 318 g/mol. The van der Waals surface area contributed by atoms with E-state index in [9.17, 15) is 4.79 Å². The van der Waals surface area contributed by atoms with E-state index in [1.165, 1.54) is 18.2 Å². The summed E-state index contributed by atoms with van der Waals surface area (Å²) in [6.45, 7) is 0.998. The largest absolute Gasteiger partial charge is 0.481 e. The Morgan fingerprint density at radius 2 is 2.08 bits per heavy atom. The zero-order valence-corrected chi connectivity index (χ0v) is 14.6. The lowest BCUT2D eigenvalue weighted by atomic mass is 10.1. The molecule has 0 saturated heterocycles. The van der Waals surface area contributed by atoms with Crippen LogP contribution < -0.4 is 14.4 Å². The number of benzene rings is 1. The molecule has 0 aliphatic carbocycles. The van der Waals surface area contributed by atoms with Gasteiger partial charge in [-0.1, -0.05) is 6.07 Å². The highest BCUT2D eigenvalue weighted by molar-refractivity contribution is 5.95. The Labute approximate surface area is 146 Å². The number of aromatic nitrogens is 2. The first-order valence-electron chi connectivity index (χ1n) is 8.18. The Kier molecular flexibility index (Phi) is 5.00. The smallest absolute Gasteiger partial charge is 0.345 e. The molecular formula is C19H22N3O3+. The van der Waals surface area contributed by atoms with Gasteiger partial charge in [-0.05, 0) is 23.8 Å². The molecule has 2 aromatic heterocycles. The molecule has 0 atom stereocenters. The van der Waals surface area contributed by atoms with Crippen LogP contribution >= 0.6 is 0 Å². The number of aromatic amines is 1. The van der Waals surface area contributed by atoms with Gasteiger partial charge in [-0.3, -0.25) is 0 Å². The summed E-state index contributed by atoms with van der Waals surface area (Å²) in [6.07, 6.45) is 4.34. The number of carbonyl (C=O) groups is 1. The monoisotopic (exact) mass is 340 g/mol. The number of hydrogen-bond donors (Lipinski definition) is 2. The summed E-state index contributed by atoms with van der Waals surface area (Å²) in [5.41, 5.74) is 2.49. The van der Waals surface area contributed by atoms with Gasteiger partial charge in [-0.25, -0.2) is 9.78 Å². The van der Waals surface area contributed by atoms with Crippen molar-refractivity contribution in [1.82, 2.24) is 9.97 Å². The number of H-pyrrole nitrogens is 1. The molecule has 2 N–H and O–H groups in total. The van der Waals surface area contributed by atoms with E-state index in [-0.39, 0.29) is 0 Å². The van der Waals surface area contributed by atoms with Crippen molar-refractivity contribution in [3.8, 4) is 11.6 Å². The molecule has 1 aromatic carbocycles. The van der Waals surface area contributed by atoms with E-state index in [1.807, 2.05) is 24.4 Å². The first-order chi connectivity index (χ1) is 12.1. The molecule has 2 heterocycles. The van der Waals surface area contributed by atoms with Crippen molar-refractivity contribution < 1.29 is 19.2 Å². The Morgan fingerprint density at radius 1 is 1.24 bits per heavy atom. The van der Waals surface area contributed by atoms with Crippen molar-refractivity contribution in [2.45, 2.75) is 6.42 Å². The molecule has 0 bridgehead atoms. The number of methoxy groups -OCH3 is 1. The maximum Gasteiger partial charge on any atom is 0.345 e. The molecule has 0 aliphatic rings. The van der Waals surface area contributed by atoms with Gasteiger partial charge in [0.25, 0.3) is 0 Å². The Balaban J connectivity index is 1.86. The van der Waals surface area contributed by atoms with E-state index in [2.05, 4.69) is 24.1 Å². The Hall–Kier alpha value is -2.86. The van der Waals surface area contributed by atoms with Crippen LogP contribution in [-0.2, 0) is 6.42 Å². The number of rotatable bonds is 6. The fourth-order valence-corrected chi connectivity index (χ4v) is 2.67. The average molecular weight is 340 g/mol. The molecule has 3 aromatic rings. The number of carbonyl (C=O) groups excluding carboxylic acids is 1. The van der Waals surface area contributed by atoms with Crippen LogP contribution in [0.3, 0.4) is 0 Å². The van der Waals surface area contributed by atoms with Crippen molar-refractivity contribution in [2.24, 2.45) is 0 Å². The third kappa shape index (κ3) is 3.80. The zero-order valence-electron chi connectivity index (χ0n) is 14.6. The van der Waals surface area contributed by atoms with E-state index >= 15 is 0 Å². The van der Waals surface area contributed by atoms with Gasteiger partial charge in [0.1, 0.15) is 5.75 Å². The summed E-state index contributed by atoms with van der Waals surface area (Å²) >= 11 is 0. The van der Waals surface area contributed by atoms with Gasteiger partial charge < -0.3 is 19.4 Å². The molecule has 0 spiro atoms. The predicted octanol–water partition coefficient (Wildman–Crippen LogP) is 1.48. The molecule has 130 valence electrons. The lowest BCUT2D eigenvalue weighted by molar-refractivity contribution is -0.858. The first kappa shape index (κ1) is 17.0. The van der Waals surface area contributed by atoms with Crippen LogP contribution in [0.1, 0.15) is 15.9 Å². The van der Waals surface area contributed by atoms with Crippen molar-refractivity contribution in [2.75, 3.05) is 27.7 Å². The topological polar surface area (TPSA) is 68.7 Å². The minimum absolute atomic E-state index is 0.382. The van der Waals surface area contributed by atoms with Crippen LogP contribution in [0.25, 0.3) is 10.9 Å². The number of nitrogens with one attached hydrogen (secondary N) is 2. The van der Waals surface area contributed by atoms with Crippen LogP contribution in [0.5, 0.6) is 11.6 Å². The van der Waals surface area contributed by atoms with Gasteiger partial charge >= 0.3 is 5.97 Å². The van der Waals surface area contributed by atoms with Crippen molar-refractivity contribution in [3.63, 3.8) is 0 Å². The molecule has 3 rings (SSSR count). The van der Waals surface area contributed by atoms with E-state index in [1.54, 1.807) is 12.1 Å². The van der Waals surface area contributed by atoms with Gasteiger partial charge in [-0.2, -0.15) is 0 Å². The summed E-state index contributed by atoms with van der Waals surface area (Å²) in [7, 11) is 5.77. The van der Waals surface area contributed by atoms with E-state index < -0.39 is 5.97 Å². The number of fused-ring (bicyclic) bond motifs is 1. The third-order valence-corrected chi connectivity index (χ3v) is 4.03. The van der Waals surface area contributed by atoms with E-state index in [0.29, 0.717) is 17.2 Å². The highest BCUT2D eigenvalue weighted by Gasteiger charge is 2.15. The molecule has 0 aliphatic heterocycles. The number of quaternary nitrogens is 1. The Bertz CT molecular complexity index is 869. The standard InChI is InChI=1S/C19H21N3O3/c1-22(2)10-9-13-11-20-15-5-4-6-16(18(13)15)25-19(23)14-7-8-17(24-3)21-12-14/h4-8,11-12,20H,9-10H2,1-3H3/p+1. The molecule has 0 amide bonds. The van der Waals surface area contributed by atoms with Crippen LogP contribution in [0.2, 0.25) is 0 Å². The van der Waals surface area contributed by atoms with Crippen LogP contribution in [0.15, 0.2) is 42.7 Å². The van der Waals surface area contributed by atoms with Crippen LogP contribution in [-0.4, -0.2) is 43.7 Å². The lowest BCUT2D eigenvalue weighted by Gasteiger charge is -2.09. The van der Waals surface area contributed by atoms with Crippen molar-refractivity contribution in [3.05, 3.63) is 53.9 Å². The SMILES string of the molecule is COc1ccc(C(=O)Oc2cccc3[nH]cc(CC[NH+](C)C)c23)cn1. The minimum Gasteiger partial charge on any atom is -0.481 e. The predicted molar refractivity (Wildman–Crippen MR) is 95.4 cm³/mol. The van der Waals surface area contributed by atoms with Crippen LogP contribution in [0.4, 0.5) is 0 Å². The first-order valence-corrected chi connectivity index (χ1v) is 8.18. The lowest BCUT2D eigenvalue weighted by Crippen LogP contribution is -3.05. The maximum absolute atomic E-state index is 12.4. The second kappa shape index (κ2) is 7.36. The van der Waals surface area contributed by atoms with Crippen molar-refractivity contribution in [1.29, 1.82) is 0 Å². The highest BCUT2D eigenvalue weighted by atomic mass is 16.5. The van der Waals surface area contributed by atoms with E-state index in [4.69, 9.17) is 9.47 Å². The normalized spacial score (nSPS) is 11.0. The number of hydrogen-bond acceptors (Lipinski definition) is 4. The summed E-state index contributed by atoms with van der Waals surface area (Å²) in [6, 6.07) is 8.94. The average Bonchev–Trinajstić information content (AvgIpc) is 3.04. The molecule has 6 heteroatoms. The van der Waals surface area contributed by atoms with Gasteiger partial charge in [0, 0.05) is 35.8 Å². The van der Waals surface area contributed by atoms with Gasteiger partial charge in [-0.15, -0.1) is 0 Å². The van der Waals surface area contributed by atoms with E-state index in [0.717, 1.165) is 29.4 Å². The molecule has 0 radical (unpaired) electrons. The van der Waals surface area contributed by atoms with Gasteiger partial charge in [0.2, 0.25) is 5.88 Å². The number of esters is 1. The fraction of sp³-hybridized carbons (Fsp3) is 0.263. The summed E-state index contributed by atoms with van der Waals surface area (Å²) < 4.78 is 10.7. The molecule has 25 heavy (non-hydrogen) atoms. The summed E-state index contributed by atoms with van der Waals surface area (Å²) in [5, 5.41) is 0.957. The molecule has 0 unspecified atom stereocenters. The van der Waals surface area contributed by atoms with Crippen molar-refractivity contribution >= 4 is 16.9 Å². The second-order valence-electron chi connectivity index (χ2n) is 6.18. The molecule has 0 saturated carbocycles. The van der Waals surface area contributed by atoms with Gasteiger partial charge in [0.15, 0.2) is 0 Å². The highest BCUT2D eigenvalue weighted by Crippen LogP contribution is 2.29. The second-order valence-corrected chi connectivity index (χ2v) is 6.18. The summed E-state index contributed by atoms with van der Waals surface area (Å²) in [5.74, 6) is 0.578. The molecule has 0 fully saturated rings. The number of pyridine rings is 1. The third-order valence-electron chi connectivity index (χ3n) is 4.03. The van der Waals surface area contributed by atoms with Gasteiger partial charge in [0.05, 0.1) is 33.3 Å². The summed E-state index contributed by atoms with van der Waals surface area (Å²) in [4.78, 5) is 21.1.